The summed E-state index contributed by atoms with van der Waals surface area (Å²) in [7, 11) is 0. The number of hydrogen-bond acceptors (Lipinski definition) is 11. The Bertz CT molecular complexity index is 1970. The quantitative estimate of drug-likeness (QED) is 0.0876. The predicted octanol–water partition coefficient (Wildman–Crippen LogP) is 4.84. The summed E-state index contributed by atoms with van der Waals surface area (Å²) in [4.78, 5) is 40.6. The van der Waals surface area contributed by atoms with E-state index in [-0.39, 0.29) is 41.0 Å². The molecule has 0 amide bonds. The van der Waals surface area contributed by atoms with Gasteiger partial charge in [0.2, 0.25) is 15.4 Å². The van der Waals surface area contributed by atoms with Crippen molar-refractivity contribution in [1.82, 2.24) is 15.0 Å². The number of benzene rings is 1. The molecule has 4 aromatic rings. The summed E-state index contributed by atoms with van der Waals surface area (Å²) < 4.78 is 18.0. The molecule has 7 rings (SSSR count). The summed E-state index contributed by atoms with van der Waals surface area (Å²) in [5, 5.41) is 1.87. The third kappa shape index (κ3) is 10.7. The largest absolute Gasteiger partial charge is 0.466 e. The molecule has 0 spiro atoms. The van der Waals surface area contributed by atoms with E-state index in [0.29, 0.717) is 34.3 Å². The van der Waals surface area contributed by atoms with Crippen molar-refractivity contribution >= 4 is 73.3 Å². The Balaban J connectivity index is 0.000000155. The van der Waals surface area contributed by atoms with E-state index in [2.05, 4.69) is 43.8 Å². The summed E-state index contributed by atoms with van der Waals surface area (Å²) in [6.07, 6.45) is 8.58. The maximum absolute atomic E-state index is 13.0. The zero-order valence-corrected chi connectivity index (χ0v) is 32.6. The molecule has 2 atom stereocenters. The molecule has 0 radical (unpaired) electrons. The van der Waals surface area contributed by atoms with Crippen molar-refractivity contribution in [1.29, 1.82) is 0 Å². The number of aliphatic imine (C=N–C) groups is 3. The molecular formula is C35H47FN12O2S3. The molecule has 12 N–H and O–H groups in total. The maximum Gasteiger partial charge on any atom is 0.309 e. The third-order valence-electron chi connectivity index (χ3n) is 9.03. The van der Waals surface area contributed by atoms with Crippen molar-refractivity contribution in [2.45, 2.75) is 89.9 Å². The zero-order chi connectivity index (χ0) is 38.3. The van der Waals surface area contributed by atoms with E-state index in [1.807, 2.05) is 19.1 Å². The first-order chi connectivity index (χ1) is 25.2. The Morgan fingerprint density at radius 3 is 1.87 bits per heavy atom. The van der Waals surface area contributed by atoms with Crippen LogP contribution in [0.2, 0.25) is 0 Å². The fourth-order valence-electron chi connectivity index (χ4n) is 6.53. The molecular weight excluding hydrogens is 736 g/mol. The number of guanidine groups is 3. The molecule has 0 fully saturated rings. The van der Waals surface area contributed by atoms with Gasteiger partial charge in [0.1, 0.15) is 5.82 Å². The van der Waals surface area contributed by atoms with E-state index < -0.39 is 0 Å². The molecule has 3 aliphatic rings. The first-order valence-corrected chi connectivity index (χ1v) is 19.8. The van der Waals surface area contributed by atoms with Crippen molar-refractivity contribution in [3.63, 3.8) is 0 Å². The van der Waals surface area contributed by atoms with Crippen LogP contribution >= 0.6 is 34.0 Å². The van der Waals surface area contributed by atoms with Crippen molar-refractivity contribution < 1.29 is 13.9 Å². The van der Waals surface area contributed by atoms with Gasteiger partial charge in [-0.25, -0.2) is 19.3 Å². The summed E-state index contributed by atoms with van der Waals surface area (Å²) in [5.41, 5.74) is 36.7. The SMILES string of the molecule is CC1(C)CCCc2sc(N=C(N)N)nc21.CCOC(=O)C1CCc2nc(N=C(N)N)sc2C1.NC(N)=Nc1nc2c(s1)CC(c1ccc(F)cc1)CC2. The molecule has 14 nitrogen and oxygen atoms in total. The lowest BCUT2D eigenvalue weighted by Gasteiger charge is -2.27. The van der Waals surface area contributed by atoms with E-state index >= 15 is 0 Å². The second-order valence-corrected chi connectivity index (χ2v) is 16.7. The van der Waals surface area contributed by atoms with Crippen LogP contribution in [0.4, 0.5) is 19.8 Å². The number of ether oxygens (including phenoxy) is 1. The lowest BCUT2D eigenvalue weighted by molar-refractivity contribution is -0.148. The normalized spacial score (nSPS) is 17.9. The Hall–Kier alpha value is -4.68. The number of carbonyl (C=O) groups is 1. The van der Waals surface area contributed by atoms with Crippen LogP contribution in [0.1, 0.15) is 89.6 Å². The Kier molecular flexibility index (Phi) is 13.0. The van der Waals surface area contributed by atoms with Crippen LogP contribution in [0, 0.1) is 11.7 Å². The minimum Gasteiger partial charge on any atom is -0.466 e. The van der Waals surface area contributed by atoms with Gasteiger partial charge in [-0.2, -0.15) is 15.0 Å². The highest BCUT2D eigenvalue weighted by atomic mass is 32.1. The molecule has 3 aliphatic carbocycles. The highest BCUT2D eigenvalue weighted by molar-refractivity contribution is 7.16. The summed E-state index contributed by atoms with van der Waals surface area (Å²) >= 11 is 4.58. The number of fused-ring (bicyclic) bond motifs is 3. The van der Waals surface area contributed by atoms with Gasteiger partial charge in [-0.05, 0) is 88.3 Å². The molecule has 1 aromatic carbocycles. The van der Waals surface area contributed by atoms with Crippen molar-refractivity contribution in [2.75, 3.05) is 6.61 Å². The van der Waals surface area contributed by atoms with Gasteiger partial charge < -0.3 is 39.1 Å². The van der Waals surface area contributed by atoms with Crippen molar-refractivity contribution in [2.24, 2.45) is 55.3 Å². The Morgan fingerprint density at radius 2 is 1.32 bits per heavy atom. The standard InChI is InChI=1S/C14H15FN4S.C11H16N4O2S.C10H16N4S/c15-10-4-1-8(2-5-10)9-3-6-11-12(7-9)20-14(18-11)19-13(16)17;1-2-17-9(16)6-3-4-7-8(5-6)18-11(14-7)15-10(12)13;1-10(2)5-3-4-6-7(10)13-9(15-6)14-8(11)12/h1-2,4-5,9H,3,6-7H2,(H4,16,17,18,19);6H,2-5H2,1H3,(H4,12,13,14,15);3-5H2,1-2H3,(H4,11,12,13,14). The molecule has 53 heavy (non-hydrogen) atoms. The number of esters is 1. The minimum atomic E-state index is -0.196. The zero-order valence-electron chi connectivity index (χ0n) is 30.1. The molecule has 0 saturated carbocycles. The highest BCUT2D eigenvalue weighted by Crippen LogP contribution is 2.41. The van der Waals surface area contributed by atoms with E-state index in [1.54, 1.807) is 11.3 Å². The summed E-state index contributed by atoms with van der Waals surface area (Å²) in [6.45, 7) is 6.69. The second-order valence-electron chi connectivity index (χ2n) is 13.5. The molecule has 0 bridgehead atoms. The van der Waals surface area contributed by atoms with E-state index in [1.165, 1.54) is 68.7 Å². The van der Waals surface area contributed by atoms with Crippen molar-refractivity contribution in [3.05, 3.63) is 67.4 Å². The van der Waals surface area contributed by atoms with E-state index in [9.17, 15) is 9.18 Å². The van der Waals surface area contributed by atoms with Crippen LogP contribution in [0.3, 0.4) is 0 Å². The lowest BCUT2D eigenvalue weighted by atomic mass is 9.79. The second kappa shape index (κ2) is 17.4. The van der Waals surface area contributed by atoms with Gasteiger partial charge in [-0.1, -0.05) is 60.0 Å². The fraction of sp³-hybridized carbons (Fsp3) is 0.457. The van der Waals surface area contributed by atoms with Crippen LogP contribution < -0.4 is 34.4 Å². The molecule has 2 unspecified atom stereocenters. The molecule has 18 heteroatoms. The maximum atomic E-state index is 13.0. The monoisotopic (exact) mass is 782 g/mol. The Morgan fingerprint density at radius 1 is 0.792 bits per heavy atom. The number of aromatic nitrogens is 3. The Labute approximate surface area is 320 Å². The molecule has 0 saturated heterocycles. The van der Waals surface area contributed by atoms with Crippen LogP contribution in [-0.4, -0.2) is 45.4 Å². The van der Waals surface area contributed by atoms with Crippen LogP contribution in [-0.2, 0) is 47.1 Å². The number of rotatable bonds is 6. The number of carbonyl (C=O) groups excluding carboxylic acids is 1. The van der Waals surface area contributed by atoms with Gasteiger partial charge in [0.15, 0.2) is 17.9 Å². The first-order valence-electron chi connectivity index (χ1n) is 17.4. The van der Waals surface area contributed by atoms with E-state index in [0.717, 1.165) is 54.8 Å². The van der Waals surface area contributed by atoms with Crippen molar-refractivity contribution in [3.8, 4) is 0 Å². The average molecular weight is 783 g/mol. The smallest absolute Gasteiger partial charge is 0.309 e. The molecule has 0 aliphatic heterocycles. The predicted molar refractivity (Wildman–Crippen MR) is 212 cm³/mol. The number of nitrogens with zero attached hydrogens (tertiary/aromatic N) is 6. The number of hydrogen-bond donors (Lipinski definition) is 6. The number of nitrogens with two attached hydrogens (primary N) is 6. The third-order valence-corrected chi connectivity index (χ3v) is 12.1. The average Bonchev–Trinajstić information content (AvgIpc) is 3.80. The van der Waals surface area contributed by atoms with Gasteiger partial charge in [0.05, 0.1) is 29.6 Å². The number of halogens is 1. The minimum absolute atomic E-state index is 0.00281. The summed E-state index contributed by atoms with van der Waals surface area (Å²) in [6, 6.07) is 6.76. The van der Waals surface area contributed by atoms with Gasteiger partial charge in [0.25, 0.3) is 0 Å². The van der Waals surface area contributed by atoms with E-state index in [4.69, 9.17) is 39.1 Å². The van der Waals surface area contributed by atoms with Gasteiger partial charge in [-0.3, -0.25) is 4.79 Å². The van der Waals surface area contributed by atoms with Crippen LogP contribution in [0.15, 0.2) is 39.2 Å². The van der Waals surface area contributed by atoms with Gasteiger partial charge in [0, 0.05) is 20.0 Å². The number of aryl methyl sites for hydroxylation is 3. The molecule has 284 valence electrons. The molecule has 3 aromatic heterocycles. The number of thiazole rings is 3. The van der Waals surface area contributed by atoms with Gasteiger partial charge in [-0.15, -0.1) is 0 Å². The summed E-state index contributed by atoms with van der Waals surface area (Å²) in [5.74, 6) is 0.145. The lowest BCUT2D eigenvalue weighted by Crippen LogP contribution is -2.24. The molecule has 3 heterocycles. The topological polar surface area (TPSA) is 258 Å². The first kappa shape index (κ1) is 39.5. The fourth-order valence-corrected chi connectivity index (χ4v) is 9.85. The van der Waals surface area contributed by atoms with Crippen LogP contribution in [0.25, 0.3) is 0 Å². The van der Waals surface area contributed by atoms with Gasteiger partial charge >= 0.3 is 5.97 Å². The highest BCUT2D eigenvalue weighted by Gasteiger charge is 2.31. The van der Waals surface area contributed by atoms with Crippen LogP contribution in [0.5, 0.6) is 0 Å².